The van der Waals surface area contributed by atoms with Gasteiger partial charge in [-0.3, -0.25) is 14.3 Å². The van der Waals surface area contributed by atoms with Crippen molar-refractivity contribution >= 4 is 38.4 Å². The molecule has 0 saturated carbocycles. The first-order chi connectivity index (χ1) is 13.6. The van der Waals surface area contributed by atoms with Gasteiger partial charge in [0, 0.05) is 28.2 Å². The molecular formula is C20H18N2O6S. The number of carbonyl (C=O) groups excluding carboxylic acids is 2. The van der Waals surface area contributed by atoms with Gasteiger partial charge in [-0.25, -0.2) is 13.2 Å². The van der Waals surface area contributed by atoms with E-state index in [1.165, 1.54) is 31.2 Å². The number of benzene rings is 2. The van der Waals surface area contributed by atoms with Crippen LogP contribution in [-0.2, 0) is 14.8 Å². The van der Waals surface area contributed by atoms with Gasteiger partial charge in [0.2, 0.25) is 21.4 Å². The van der Waals surface area contributed by atoms with Crippen LogP contribution in [0.3, 0.4) is 0 Å². The van der Waals surface area contributed by atoms with Gasteiger partial charge in [-0.15, -0.1) is 0 Å². The molecule has 3 aromatic rings. The van der Waals surface area contributed by atoms with Gasteiger partial charge in [0.15, 0.2) is 6.10 Å². The molecule has 2 aromatic carbocycles. The zero-order chi connectivity index (χ0) is 21.2. The predicted molar refractivity (Wildman–Crippen MR) is 109 cm³/mol. The summed E-state index contributed by atoms with van der Waals surface area (Å²) in [5, 5.41) is 0.507. The van der Waals surface area contributed by atoms with Crippen LogP contribution in [0.1, 0.15) is 27.6 Å². The lowest BCUT2D eigenvalue weighted by atomic mass is 10.1. The van der Waals surface area contributed by atoms with Crippen LogP contribution in [0.25, 0.3) is 10.9 Å². The minimum atomic E-state index is -3.43. The zero-order valence-electron chi connectivity index (χ0n) is 15.6. The average molecular weight is 414 g/mol. The fraction of sp³-hybridized carbons (Fsp3) is 0.150. The molecule has 0 aliphatic rings. The molecule has 0 amide bonds. The van der Waals surface area contributed by atoms with Crippen molar-refractivity contribution in [3.8, 4) is 0 Å². The summed E-state index contributed by atoms with van der Waals surface area (Å²) in [6.45, 7) is 1.43. The van der Waals surface area contributed by atoms with Crippen molar-refractivity contribution in [1.29, 1.82) is 0 Å². The molecule has 0 radical (unpaired) electrons. The van der Waals surface area contributed by atoms with Crippen molar-refractivity contribution in [3.05, 3.63) is 76.1 Å². The Kier molecular flexibility index (Phi) is 5.51. The molecular weight excluding hydrogens is 396 g/mol. The Bertz CT molecular complexity index is 1250. The highest BCUT2D eigenvalue weighted by Crippen LogP contribution is 2.18. The summed E-state index contributed by atoms with van der Waals surface area (Å²) >= 11 is 0. The molecule has 1 heterocycles. The fourth-order valence-corrected chi connectivity index (χ4v) is 3.37. The predicted octanol–water partition coefficient (Wildman–Crippen LogP) is 2.33. The molecule has 0 aliphatic heterocycles. The van der Waals surface area contributed by atoms with E-state index in [4.69, 9.17) is 4.74 Å². The Morgan fingerprint density at radius 1 is 1.07 bits per heavy atom. The third-order valence-electron chi connectivity index (χ3n) is 4.10. The lowest BCUT2D eigenvalue weighted by Crippen LogP contribution is -2.25. The third kappa shape index (κ3) is 4.88. The van der Waals surface area contributed by atoms with E-state index in [-0.39, 0.29) is 11.1 Å². The molecule has 9 heteroatoms. The van der Waals surface area contributed by atoms with Crippen LogP contribution < -0.4 is 10.3 Å². The number of esters is 1. The van der Waals surface area contributed by atoms with Gasteiger partial charge in [-0.2, -0.15) is 0 Å². The lowest BCUT2D eigenvalue weighted by Gasteiger charge is -2.14. The SMILES string of the molecule is C[C@H](OC(=O)c1cc(=O)[nH]c2ccccc12)C(=O)c1ccc(NS(C)(=O)=O)cc1. The standard InChI is InChI=1S/C20H18N2O6S/c1-12(19(24)13-7-9-14(10-8-13)22-29(2,26)27)28-20(25)16-11-18(23)21-17-6-4-3-5-15(16)17/h3-12,22H,1-2H3,(H,21,23)/t12-/m0/s1. The number of carbonyl (C=O) groups is 2. The maximum absolute atomic E-state index is 12.6. The molecule has 29 heavy (non-hydrogen) atoms. The van der Waals surface area contributed by atoms with Gasteiger partial charge in [-0.1, -0.05) is 18.2 Å². The smallest absolute Gasteiger partial charge is 0.339 e. The summed E-state index contributed by atoms with van der Waals surface area (Å²) in [6.07, 6.45) is -0.0827. The Morgan fingerprint density at radius 3 is 2.38 bits per heavy atom. The van der Waals surface area contributed by atoms with E-state index in [0.29, 0.717) is 16.6 Å². The molecule has 0 aliphatic carbocycles. The number of H-pyrrole nitrogens is 1. The summed E-state index contributed by atoms with van der Waals surface area (Å²) < 4.78 is 30.1. The second-order valence-electron chi connectivity index (χ2n) is 6.46. The number of hydrogen-bond acceptors (Lipinski definition) is 6. The summed E-state index contributed by atoms with van der Waals surface area (Å²) in [4.78, 5) is 39.5. The Balaban J connectivity index is 1.78. The number of sulfonamides is 1. The number of aromatic nitrogens is 1. The Morgan fingerprint density at radius 2 is 1.72 bits per heavy atom. The van der Waals surface area contributed by atoms with Crippen molar-refractivity contribution < 1.29 is 22.7 Å². The molecule has 8 nitrogen and oxygen atoms in total. The monoisotopic (exact) mass is 414 g/mol. The third-order valence-corrected chi connectivity index (χ3v) is 4.70. The van der Waals surface area contributed by atoms with Crippen LogP contribution in [0.4, 0.5) is 5.69 Å². The second-order valence-corrected chi connectivity index (χ2v) is 8.20. The van der Waals surface area contributed by atoms with Crippen molar-refractivity contribution in [3.63, 3.8) is 0 Å². The van der Waals surface area contributed by atoms with Crippen LogP contribution in [-0.4, -0.2) is 37.5 Å². The number of nitrogens with one attached hydrogen (secondary N) is 2. The summed E-state index contributed by atoms with van der Waals surface area (Å²) in [5.41, 5.74) is 0.656. The maximum Gasteiger partial charge on any atom is 0.339 e. The summed E-state index contributed by atoms with van der Waals surface area (Å²) in [6, 6.07) is 13.6. The first-order valence-corrected chi connectivity index (χ1v) is 10.5. The molecule has 0 unspecified atom stereocenters. The number of rotatable bonds is 6. The fourth-order valence-electron chi connectivity index (χ4n) is 2.80. The van der Waals surface area contributed by atoms with Crippen LogP contribution in [0.5, 0.6) is 0 Å². The van der Waals surface area contributed by atoms with Crippen molar-refractivity contribution in [1.82, 2.24) is 4.98 Å². The maximum atomic E-state index is 12.6. The van der Waals surface area contributed by atoms with Crippen LogP contribution >= 0.6 is 0 Å². The summed E-state index contributed by atoms with van der Waals surface area (Å²) in [5.74, 6) is -1.25. The minimum absolute atomic E-state index is 0.0664. The number of hydrogen-bond donors (Lipinski definition) is 2. The van der Waals surface area contributed by atoms with Gasteiger partial charge in [0.1, 0.15) is 0 Å². The molecule has 0 spiro atoms. The number of aromatic amines is 1. The van der Waals surface area contributed by atoms with Gasteiger partial charge in [-0.05, 0) is 37.3 Å². The Hall–Kier alpha value is -3.46. The first-order valence-electron chi connectivity index (χ1n) is 8.59. The van der Waals surface area contributed by atoms with Gasteiger partial charge in [0.25, 0.3) is 0 Å². The van der Waals surface area contributed by atoms with E-state index in [1.807, 2.05) is 0 Å². The van der Waals surface area contributed by atoms with Crippen LogP contribution in [0.15, 0.2) is 59.4 Å². The number of pyridine rings is 1. The van der Waals surface area contributed by atoms with Gasteiger partial charge < -0.3 is 9.72 Å². The molecule has 0 saturated heterocycles. The number of Topliss-reactive ketones (excluding diaryl/α,β-unsaturated/α-hetero) is 1. The topological polar surface area (TPSA) is 122 Å². The van der Waals surface area contributed by atoms with E-state index >= 15 is 0 Å². The highest BCUT2D eigenvalue weighted by atomic mass is 32.2. The first kappa shape index (κ1) is 20.3. The van der Waals surface area contributed by atoms with Crippen molar-refractivity contribution in [2.24, 2.45) is 0 Å². The number of ether oxygens (including phenoxy) is 1. The molecule has 0 bridgehead atoms. The molecule has 1 aromatic heterocycles. The molecule has 3 rings (SSSR count). The lowest BCUT2D eigenvalue weighted by molar-refractivity contribution is 0.0320. The number of ketones is 1. The normalized spacial score (nSPS) is 12.3. The van der Waals surface area contributed by atoms with Crippen LogP contribution in [0, 0.1) is 0 Å². The van der Waals surface area contributed by atoms with E-state index in [2.05, 4.69) is 9.71 Å². The van der Waals surface area contributed by atoms with Crippen molar-refractivity contribution in [2.45, 2.75) is 13.0 Å². The van der Waals surface area contributed by atoms with Crippen molar-refractivity contribution in [2.75, 3.05) is 11.0 Å². The Labute approximate surface area is 166 Å². The number of anilines is 1. The van der Waals surface area contributed by atoms with E-state index in [0.717, 1.165) is 12.3 Å². The number of fused-ring (bicyclic) bond motifs is 1. The highest BCUT2D eigenvalue weighted by molar-refractivity contribution is 7.92. The van der Waals surface area contributed by atoms with Crippen LogP contribution in [0.2, 0.25) is 0 Å². The largest absolute Gasteiger partial charge is 0.451 e. The molecule has 150 valence electrons. The van der Waals surface area contributed by atoms with E-state index in [1.54, 1.807) is 24.3 Å². The van der Waals surface area contributed by atoms with E-state index in [9.17, 15) is 22.8 Å². The molecule has 2 N–H and O–H groups in total. The average Bonchev–Trinajstić information content (AvgIpc) is 2.66. The highest BCUT2D eigenvalue weighted by Gasteiger charge is 2.22. The second kappa shape index (κ2) is 7.88. The number of para-hydroxylation sites is 1. The quantitative estimate of drug-likeness (QED) is 0.471. The zero-order valence-corrected chi connectivity index (χ0v) is 16.4. The molecule has 1 atom stereocenters. The van der Waals surface area contributed by atoms with Gasteiger partial charge >= 0.3 is 5.97 Å². The minimum Gasteiger partial charge on any atom is -0.451 e. The van der Waals surface area contributed by atoms with E-state index < -0.39 is 33.4 Å². The summed E-state index contributed by atoms with van der Waals surface area (Å²) in [7, 11) is -3.43. The molecule has 0 fully saturated rings. The van der Waals surface area contributed by atoms with Gasteiger partial charge in [0.05, 0.1) is 11.8 Å².